The lowest BCUT2D eigenvalue weighted by molar-refractivity contribution is 0.636. The van der Waals surface area contributed by atoms with Gasteiger partial charge in [0.2, 0.25) is 0 Å². The summed E-state index contributed by atoms with van der Waals surface area (Å²) in [5.41, 5.74) is 7.49. The molecule has 6 heteroatoms. The van der Waals surface area contributed by atoms with Crippen LogP contribution in [0.5, 0.6) is 0 Å². The number of H-pyrrole nitrogens is 1. The number of nitrogens with one attached hydrogen (secondary N) is 3. The zero-order valence-corrected chi connectivity index (χ0v) is 18.6. The number of nitrogens with zero attached hydrogens (tertiary/aromatic N) is 3. The Morgan fingerprint density at radius 3 is 2.76 bits per heavy atom. The van der Waals surface area contributed by atoms with Crippen LogP contribution in [0.4, 0.5) is 0 Å². The first-order chi connectivity index (χ1) is 13.9. The number of aliphatic imine (C=N–C) groups is 1. The normalized spacial score (nSPS) is 13.1. The van der Waals surface area contributed by atoms with E-state index in [4.69, 9.17) is 4.99 Å². The number of aryl methyl sites for hydroxylation is 3. The summed E-state index contributed by atoms with van der Waals surface area (Å²) in [5.74, 6) is 0.871. The monoisotopic (exact) mass is 394 g/mol. The molecule has 0 spiro atoms. The predicted molar refractivity (Wildman–Crippen MR) is 122 cm³/mol. The van der Waals surface area contributed by atoms with Gasteiger partial charge in [-0.3, -0.25) is 9.67 Å². The maximum absolute atomic E-state index is 4.82. The van der Waals surface area contributed by atoms with Crippen molar-refractivity contribution in [2.24, 2.45) is 12.0 Å². The van der Waals surface area contributed by atoms with Crippen LogP contribution in [0.3, 0.4) is 0 Å². The molecule has 2 heterocycles. The fraction of sp³-hybridized carbons (Fsp3) is 0.478. The Bertz CT molecular complexity index is 994. The Hall–Kier alpha value is -2.76. The van der Waals surface area contributed by atoms with E-state index in [0.717, 1.165) is 37.6 Å². The van der Waals surface area contributed by atoms with Gasteiger partial charge in [-0.05, 0) is 70.2 Å². The number of rotatable bonds is 7. The van der Waals surface area contributed by atoms with Gasteiger partial charge in [0.05, 0.1) is 5.69 Å². The Balaban J connectivity index is 1.64. The van der Waals surface area contributed by atoms with Gasteiger partial charge in [0, 0.05) is 49.0 Å². The third kappa shape index (κ3) is 4.81. The molecule has 0 saturated carbocycles. The van der Waals surface area contributed by atoms with Gasteiger partial charge in [0.15, 0.2) is 5.96 Å². The third-order valence-electron chi connectivity index (χ3n) is 5.54. The van der Waals surface area contributed by atoms with Gasteiger partial charge in [-0.2, -0.15) is 5.10 Å². The molecular weight excluding hydrogens is 360 g/mol. The molecule has 1 aromatic carbocycles. The molecule has 3 N–H and O–H groups in total. The van der Waals surface area contributed by atoms with E-state index >= 15 is 0 Å². The molecular formula is C23H34N6. The minimum atomic E-state index is 0.268. The molecule has 0 aliphatic rings. The van der Waals surface area contributed by atoms with Crippen LogP contribution in [-0.4, -0.2) is 39.9 Å². The summed E-state index contributed by atoms with van der Waals surface area (Å²) in [4.78, 5) is 8.19. The number of benzene rings is 1. The fourth-order valence-corrected chi connectivity index (χ4v) is 3.96. The summed E-state index contributed by atoms with van der Waals surface area (Å²) in [6.07, 6.45) is 3.96. The van der Waals surface area contributed by atoms with Crippen LogP contribution in [-0.2, 0) is 19.9 Å². The molecule has 3 aromatic rings. The van der Waals surface area contributed by atoms with Gasteiger partial charge < -0.3 is 15.6 Å². The van der Waals surface area contributed by atoms with Gasteiger partial charge in [-0.15, -0.1) is 0 Å². The number of hydrogen-bond acceptors (Lipinski definition) is 2. The minimum Gasteiger partial charge on any atom is -0.361 e. The summed E-state index contributed by atoms with van der Waals surface area (Å²) < 4.78 is 1.96. The summed E-state index contributed by atoms with van der Waals surface area (Å²) in [6, 6.07) is 6.66. The molecule has 156 valence electrons. The maximum Gasteiger partial charge on any atom is 0.191 e. The summed E-state index contributed by atoms with van der Waals surface area (Å²) in [5, 5.41) is 12.8. The first-order valence-corrected chi connectivity index (χ1v) is 10.5. The van der Waals surface area contributed by atoms with E-state index in [1.807, 2.05) is 11.7 Å². The number of aromatic amines is 1. The number of guanidine groups is 1. The second-order valence-electron chi connectivity index (χ2n) is 7.84. The zero-order chi connectivity index (χ0) is 21.0. The molecule has 0 radical (unpaired) electrons. The van der Waals surface area contributed by atoms with Gasteiger partial charge in [0.1, 0.15) is 0 Å². The van der Waals surface area contributed by atoms with Crippen molar-refractivity contribution >= 4 is 16.9 Å². The summed E-state index contributed by atoms with van der Waals surface area (Å²) in [7, 11) is 2.00. The molecule has 1 atom stereocenters. The average molecular weight is 395 g/mol. The molecule has 0 amide bonds. The van der Waals surface area contributed by atoms with Crippen LogP contribution in [0.1, 0.15) is 41.9 Å². The van der Waals surface area contributed by atoms with Crippen molar-refractivity contribution < 1.29 is 0 Å². The van der Waals surface area contributed by atoms with Crippen molar-refractivity contribution in [3.05, 3.63) is 52.5 Å². The van der Waals surface area contributed by atoms with E-state index in [2.05, 4.69) is 79.7 Å². The third-order valence-corrected chi connectivity index (χ3v) is 5.54. The second kappa shape index (κ2) is 9.16. The minimum absolute atomic E-state index is 0.268. The Morgan fingerprint density at radius 1 is 1.28 bits per heavy atom. The second-order valence-corrected chi connectivity index (χ2v) is 7.84. The molecule has 3 rings (SSSR count). The molecule has 2 aromatic heterocycles. The standard InChI is InChI=1S/C23H34N6/c1-7-24-23(27-16(3)13-20-17(4)28-29(6)18(20)5)25-12-11-19-14-26-21-10-8-9-15(2)22(19)21/h8-10,14,16,26H,7,11-13H2,1-6H3,(H2,24,25,27). The zero-order valence-electron chi connectivity index (χ0n) is 18.6. The number of aromatic nitrogens is 3. The first kappa shape index (κ1) is 21.0. The largest absolute Gasteiger partial charge is 0.361 e. The molecule has 29 heavy (non-hydrogen) atoms. The molecule has 0 saturated heterocycles. The lowest BCUT2D eigenvalue weighted by Gasteiger charge is -2.18. The molecule has 0 aliphatic heterocycles. The van der Waals surface area contributed by atoms with Crippen LogP contribution >= 0.6 is 0 Å². The van der Waals surface area contributed by atoms with Gasteiger partial charge in [0.25, 0.3) is 0 Å². The highest BCUT2D eigenvalue weighted by Gasteiger charge is 2.14. The van der Waals surface area contributed by atoms with E-state index in [-0.39, 0.29) is 6.04 Å². The maximum atomic E-state index is 4.82. The van der Waals surface area contributed by atoms with E-state index in [9.17, 15) is 0 Å². The Kier molecular flexibility index (Phi) is 6.62. The van der Waals surface area contributed by atoms with Crippen molar-refractivity contribution in [3.8, 4) is 0 Å². The molecule has 1 unspecified atom stereocenters. The van der Waals surface area contributed by atoms with Crippen LogP contribution in [0.25, 0.3) is 10.9 Å². The molecule has 6 nitrogen and oxygen atoms in total. The average Bonchev–Trinajstić information content (AvgIpc) is 3.19. The van der Waals surface area contributed by atoms with E-state index in [1.54, 1.807) is 0 Å². The SMILES string of the molecule is CCNC(=NCCc1c[nH]c2cccc(C)c12)NC(C)Cc1c(C)nn(C)c1C. The molecule has 0 fully saturated rings. The fourth-order valence-electron chi connectivity index (χ4n) is 3.96. The molecule has 0 aliphatic carbocycles. The van der Waals surface area contributed by atoms with Crippen molar-refractivity contribution in [1.29, 1.82) is 0 Å². The quantitative estimate of drug-likeness (QED) is 0.424. The van der Waals surface area contributed by atoms with Crippen LogP contribution in [0.15, 0.2) is 29.4 Å². The van der Waals surface area contributed by atoms with Gasteiger partial charge >= 0.3 is 0 Å². The van der Waals surface area contributed by atoms with Crippen molar-refractivity contribution in [2.45, 2.75) is 53.5 Å². The first-order valence-electron chi connectivity index (χ1n) is 10.5. The lowest BCUT2D eigenvalue weighted by atomic mass is 10.1. The highest BCUT2D eigenvalue weighted by atomic mass is 15.3. The topological polar surface area (TPSA) is 70.0 Å². The van der Waals surface area contributed by atoms with Crippen molar-refractivity contribution in [3.63, 3.8) is 0 Å². The van der Waals surface area contributed by atoms with Crippen LogP contribution in [0, 0.1) is 20.8 Å². The predicted octanol–water partition coefficient (Wildman–Crippen LogP) is 3.56. The Labute approximate surface area is 173 Å². The highest BCUT2D eigenvalue weighted by Crippen LogP contribution is 2.22. The smallest absolute Gasteiger partial charge is 0.191 e. The Morgan fingerprint density at radius 2 is 2.07 bits per heavy atom. The van der Waals surface area contributed by atoms with E-state index in [0.29, 0.717) is 0 Å². The summed E-state index contributed by atoms with van der Waals surface area (Å²) >= 11 is 0. The van der Waals surface area contributed by atoms with Crippen molar-refractivity contribution in [2.75, 3.05) is 13.1 Å². The lowest BCUT2D eigenvalue weighted by Crippen LogP contribution is -2.43. The van der Waals surface area contributed by atoms with E-state index < -0.39 is 0 Å². The summed E-state index contributed by atoms with van der Waals surface area (Å²) in [6.45, 7) is 12.3. The van der Waals surface area contributed by atoms with Crippen molar-refractivity contribution in [1.82, 2.24) is 25.4 Å². The van der Waals surface area contributed by atoms with Gasteiger partial charge in [-0.25, -0.2) is 0 Å². The van der Waals surface area contributed by atoms with Crippen LogP contribution < -0.4 is 10.6 Å². The number of fused-ring (bicyclic) bond motifs is 1. The van der Waals surface area contributed by atoms with E-state index in [1.165, 1.54) is 33.3 Å². The van der Waals surface area contributed by atoms with Gasteiger partial charge in [-0.1, -0.05) is 12.1 Å². The molecule has 0 bridgehead atoms. The highest BCUT2D eigenvalue weighted by molar-refractivity contribution is 5.86. The number of hydrogen-bond donors (Lipinski definition) is 3. The van der Waals surface area contributed by atoms with Crippen LogP contribution in [0.2, 0.25) is 0 Å².